The van der Waals surface area contributed by atoms with E-state index in [4.69, 9.17) is 0 Å². The Kier molecular flexibility index (Phi) is 4.63. The Bertz CT molecular complexity index is 554. The minimum absolute atomic E-state index is 0.0201. The van der Waals surface area contributed by atoms with Crippen molar-refractivity contribution in [2.45, 2.75) is 38.0 Å². The molecule has 1 saturated carbocycles. The van der Waals surface area contributed by atoms with Crippen molar-refractivity contribution in [3.8, 4) is 0 Å². The maximum atomic E-state index is 12.0. The van der Waals surface area contributed by atoms with Crippen LogP contribution in [0, 0.1) is 0 Å². The maximum absolute atomic E-state index is 12.0. The maximum Gasteiger partial charge on any atom is 0.273 e. The molecule has 8 nitrogen and oxygen atoms in total. The summed E-state index contributed by atoms with van der Waals surface area (Å²) in [5.74, 6) is -0.237. The Balaban J connectivity index is 1.54. The van der Waals surface area contributed by atoms with Crippen LogP contribution in [0.25, 0.3) is 0 Å². The third-order valence-corrected chi connectivity index (χ3v) is 4.80. The lowest BCUT2D eigenvalue weighted by Crippen LogP contribution is -2.55. The molecule has 0 unspecified atom stereocenters. The number of rotatable bonds is 3. The summed E-state index contributed by atoms with van der Waals surface area (Å²) in [4.78, 5) is 27.4. The Labute approximate surface area is 134 Å². The van der Waals surface area contributed by atoms with E-state index in [2.05, 4.69) is 19.9 Å². The van der Waals surface area contributed by atoms with Crippen molar-refractivity contribution in [1.82, 2.24) is 20.3 Å². The van der Waals surface area contributed by atoms with Crippen LogP contribution in [0.2, 0.25) is 0 Å². The predicted molar refractivity (Wildman–Crippen MR) is 80.6 cm³/mol. The number of piperazine rings is 1. The number of nitrogens with zero attached hydrogens (tertiary/aromatic N) is 3. The van der Waals surface area contributed by atoms with Gasteiger partial charge in [0.25, 0.3) is 5.91 Å². The summed E-state index contributed by atoms with van der Waals surface area (Å²) >= 11 is 0. The molecule has 0 spiro atoms. The Hall–Kier alpha value is -1.93. The molecule has 3 rings (SSSR count). The van der Waals surface area contributed by atoms with Gasteiger partial charge in [-0.2, -0.15) is 0 Å². The van der Waals surface area contributed by atoms with Crippen molar-refractivity contribution in [1.29, 1.82) is 0 Å². The first-order valence-electron chi connectivity index (χ1n) is 7.95. The van der Waals surface area contributed by atoms with Crippen molar-refractivity contribution >= 4 is 11.8 Å². The second-order valence-electron chi connectivity index (χ2n) is 6.14. The zero-order valence-electron chi connectivity index (χ0n) is 13.1. The first kappa shape index (κ1) is 15.9. The first-order valence-corrected chi connectivity index (χ1v) is 7.95. The van der Waals surface area contributed by atoms with Gasteiger partial charge >= 0.3 is 0 Å². The number of nitrogens with one attached hydrogen (secondary N) is 1. The van der Waals surface area contributed by atoms with Gasteiger partial charge in [0.1, 0.15) is 6.26 Å². The molecule has 8 heteroatoms. The lowest BCUT2D eigenvalue weighted by molar-refractivity contribution is -0.131. The molecule has 2 heterocycles. The molecule has 1 aliphatic carbocycles. The summed E-state index contributed by atoms with van der Waals surface area (Å²) in [6.45, 7) is 4.47. The van der Waals surface area contributed by atoms with Crippen LogP contribution >= 0.6 is 0 Å². The Morgan fingerprint density at radius 2 is 2.04 bits per heavy atom. The summed E-state index contributed by atoms with van der Waals surface area (Å²) in [6.07, 6.45) is 2.28. The fraction of sp³-hybridized carbons (Fsp3) is 0.667. The van der Waals surface area contributed by atoms with Gasteiger partial charge in [-0.05, 0) is 12.8 Å². The van der Waals surface area contributed by atoms with Gasteiger partial charge in [0.2, 0.25) is 5.91 Å². The van der Waals surface area contributed by atoms with Crippen LogP contribution < -0.4 is 5.32 Å². The number of hydrogen-bond acceptors (Lipinski definition) is 6. The molecule has 23 heavy (non-hydrogen) atoms. The largest absolute Gasteiger partial charge is 0.389 e. The molecule has 2 fully saturated rings. The van der Waals surface area contributed by atoms with E-state index in [9.17, 15) is 14.7 Å². The van der Waals surface area contributed by atoms with Gasteiger partial charge in [0, 0.05) is 45.2 Å². The molecular formula is C15H22N4O4. The van der Waals surface area contributed by atoms with E-state index in [0.29, 0.717) is 13.1 Å². The summed E-state index contributed by atoms with van der Waals surface area (Å²) < 4.78 is 4.66. The minimum atomic E-state index is -0.616. The summed E-state index contributed by atoms with van der Waals surface area (Å²) in [6, 6.07) is 1.23. The molecule has 126 valence electrons. The quantitative estimate of drug-likeness (QED) is 0.775. The SMILES string of the molecule is CC(=O)N1CCN([C@@H]2CC[C@@H](NC(=O)c3ccon3)[C@H]2O)CC1. The van der Waals surface area contributed by atoms with Gasteiger partial charge in [-0.3, -0.25) is 14.5 Å². The van der Waals surface area contributed by atoms with Crippen LogP contribution in [0.5, 0.6) is 0 Å². The number of aliphatic hydroxyl groups is 1. The third-order valence-electron chi connectivity index (χ3n) is 4.80. The molecule has 0 bridgehead atoms. The monoisotopic (exact) mass is 322 g/mol. The van der Waals surface area contributed by atoms with Gasteiger partial charge in [-0.1, -0.05) is 5.16 Å². The van der Waals surface area contributed by atoms with E-state index >= 15 is 0 Å². The van der Waals surface area contributed by atoms with E-state index in [1.165, 1.54) is 12.3 Å². The summed E-state index contributed by atoms with van der Waals surface area (Å²) in [5, 5.41) is 17.0. The highest BCUT2D eigenvalue weighted by atomic mass is 16.5. The lowest BCUT2D eigenvalue weighted by Gasteiger charge is -2.39. The zero-order valence-corrected chi connectivity index (χ0v) is 13.1. The standard InChI is InChI=1S/C15H22N4O4/c1-10(20)18-5-7-19(8-6-18)13-3-2-11(14(13)21)16-15(22)12-4-9-23-17-12/h4,9,11,13-14,21H,2-3,5-8H2,1H3,(H,16,22)/t11-,13-,14-/m1/s1. The number of amides is 2. The molecule has 2 amide bonds. The second-order valence-corrected chi connectivity index (χ2v) is 6.14. The molecule has 2 aliphatic rings. The van der Waals surface area contributed by atoms with Crippen LogP contribution in [0.4, 0.5) is 0 Å². The smallest absolute Gasteiger partial charge is 0.273 e. The lowest BCUT2D eigenvalue weighted by atomic mass is 10.1. The minimum Gasteiger partial charge on any atom is -0.389 e. The van der Waals surface area contributed by atoms with E-state index in [-0.39, 0.29) is 29.6 Å². The molecule has 2 N–H and O–H groups in total. The van der Waals surface area contributed by atoms with Gasteiger partial charge in [-0.25, -0.2) is 0 Å². The molecular weight excluding hydrogens is 300 g/mol. The van der Waals surface area contributed by atoms with E-state index in [1.807, 2.05) is 4.90 Å². The van der Waals surface area contributed by atoms with E-state index < -0.39 is 6.10 Å². The summed E-state index contributed by atoms with van der Waals surface area (Å²) in [5.41, 5.74) is 0.218. The molecule has 1 aliphatic heterocycles. The molecule has 1 aromatic heterocycles. The first-order chi connectivity index (χ1) is 11.1. The normalized spacial score (nSPS) is 28.8. The second kappa shape index (κ2) is 6.67. The van der Waals surface area contributed by atoms with Gasteiger partial charge < -0.3 is 19.8 Å². The average Bonchev–Trinajstić information content (AvgIpc) is 3.19. The van der Waals surface area contributed by atoms with Crippen LogP contribution in [0.3, 0.4) is 0 Å². The Morgan fingerprint density at radius 1 is 1.30 bits per heavy atom. The predicted octanol–water partition coefficient (Wildman–Crippen LogP) is -0.540. The molecule has 1 aromatic rings. The average molecular weight is 322 g/mol. The van der Waals surface area contributed by atoms with Crippen LogP contribution in [0.1, 0.15) is 30.3 Å². The van der Waals surface area contributed by atoms with Gasteiger partial charge in [0.15, 0.2) is 5.69 Å². The highest BCUT2D eigenvalue weighted by molar-refractivity contribution is 5.92. The molecule has 1 saturated heterocycles. The number of aromatic nitrogens is 1. The number of hydrogen-bond donors (Lipinski definition) is 2. The van der Waals surface area contributed by atoms with E-state index in [0.717, 1.165) is 25.9 Å². The van der Waals surface area contributed by atoms with Gasteiger partial charge in [-0.15, -0.1) is 0 Å². The highest BCUT2D eigenvalue weighted by Crippen LogP contribution is 2.26. The molecule has 0 aromatic carbocycles. The van der Waals surface area contributed by atoms with Crippen LogP contribution in [0.15, 0.2) is 16.9 Å². The van der Waals surface area contributed by atoms with Crippen LogP contribution in [-0.4, -0.2) is 76.2 Å². The van der Waals surface area contributed by atoms with Crippen molar-refractivity contribution in [2.24, 2.45) is 0 Å². The zero-order chi connectivity index (χ0) is 16.4. The number of aliphatic hydroxyl groups excluding tert-OH is 1. The van der Waals surface area contributed by atoms with Crippen molar-refractivity contribution in [2.75, 3.05) is 26.2 Å². The van der Waals surface area contributed by atoms with Crippen LogP contribution in [-0.2, 0) is 4.79 Å². The van der Waals surface area contributed by atoms with Crippen molar-refractivity contribution in [3.05, 3.63) is 18.0 Å². The van der Waals surface area contributed by atoms with Crippen molar-refractivity contribution < 1.29 is 19.2 Å². The van der Waals surface area contributed by atoms with Gasteiger partial charge in [0.05, 0.1) is 12.1 Å². The fourth-order valence-electron chi connectivity index (χ4n) is 3.46. The number of carbonyl (C=O) groups excluding carboxylic acids is 2. The van der Waals surface area contributed by atoms with Crippen molar-refractivity contribution in [3.63, 3.8) is 0 Å². The topological polar surface area (TPSA) is 98.9 Å². The third kappa shape index (κ3) is 3.37. The van der Waals surface area contributed by atoms with E-state index in [1.54, 1.807) is 6.92 Å². The Morgan fingerprint density at radius 3 is 2.65 bits per heavy atom. The number of carbonyl (C=O) groups is 2. The molecule has 0 radical (unpaired) electrons. The molecule has 3 atom stereocenters. The fourth-order valence-corrected chi connectivity index (χ4v) is 3.46. The highest BCUT2D eigenvalue weighted by Gasteiger charge is 2.40. The summed E-state index contributed by atoms with van der Waals surface area (Å²) in [7, 11) is 0.